The van der Waals surface area contributed by atoms with Gasteiger partial charge in [-0.2, -0.15) is 0 Å². The van der Waals surface area contributed by atoms with E-state index in [4.69, 9.17) is 16.3 Å². The first kappa shape index (κ1) is 19.8. The zero-order chi connectivity index (χ0) is 18.4. The predicted molar refractivity (Wildman–Crippen MR) is 99.6 cm³/mol. The third-order valence-corrected chi connectivity index (χ3v) is 5.13. The molecule has 1 aromatic rings. The molecular weight excluding hydrogens is 338 g/mol. The van der Waals surface area contributed by atoms with Gasteiger partial charge in [0.25, 0.3) is 5.91 Å². The highest BCUT2D eigenvalue weighted by molar-refractivity contribution is 6.30. The Labute approximate surface area is 155 Å². The summed E-state index contributed by atoms with van der Waals surface area (Å²) in [7, 11) is 0. The van der Waals surface area contributed by atoms with Crippen molar-refractivity contribution >= 4 is 23.5 Å². The van der Waals surface area contributed by atoms with E-state index < -0.39 is 5.92 Å². The molecule has 1 aliphatic rings. The van der Waals surface area contributed by atoms with Gasteiger partial charge < -0.3 is 10.1 Å². The fourth-order valence-electron chi connectivity index (χ4n) is 3.36. The van der Waals surface area contributed by atoms with Crippen LogP contribution in [0.15, 0.2) is 24.3 Å². The normalized spacial score (nSPS) is 21.6. The second-order valence-corrected chi connectivity index (χ2v) is 7.84. The molecule has 0 heterocycles. The van der Waals surface area contributed by atoms with Gasteiger partial charge in [-0.3, -0.25) is 9.59 Å². The Balaban J connectivity index is 1.86. The van der Waals surface area contributed by atoms with Gasteiger partial charge in [-0.05, 0) is 55.2 Å². The second-order valence-electron chi connectivity index (χ2n) is 7.41. The molecule has 1 amide bonds. The van der Waals surface area contributed by atoms with Crippen molar-refractivity contribution in [1.82, 2.24) is 5.32 Å². The van der Waals surface area contributed by atoms with Gasteiger partial charge in [0.2, 0.25) is 0 Å². The van der Waals surface area contributed by atoms with Crippen LogP contribution in [0.4, 0.5) is 0 Å². The van der Waals surface area contributed by atoms with Crippen LogP contribution in [0.1, 0.15) is 57.9 Å². The van der Waals surface area contributed by atoms with E-state index in [1.54, 1.807) is 12.1 Å². The lowest BCUT2D eigenvalue weighted by molar-refractivity contribution is -0.151. The second kappa shape index (κ2) is 9.23. The molecule has 0 saturated heterocycles. The average Bonchev–Trinajstić information content (AvgIpc) is 2.57. The smallest absolute Gasteiger partial charge is 0.314 e. The van der Waals surface area contributed by atoms with E-state index in [-0.39, 0.29) is 30.4 Å². The first-order valence-electron chi connectivity index (χ1n) is 9.08. The summed E-state index contributed by atoms with van der Waals surface area (Å²) in [6.07, 6.45) is 4.27. The van der Waals surface area contributed by atoms with Crippen molar-refractivity contribution in [1.29, 1.82) is 0 Å². The van der Waals surface area contributed by atoms with E-state index in [1.165, 1.54) is 0 Å². The number of hydrogen-bond donors (Lipinski definition) is 1. The molecule has 4 nitrogen and oxygen atoms in total. The number of esters is 1. The molecule has 0 radical (unpaired) electrons. The summed E-state index contributed by atoms with van der Waals surface area (Å²) in [5.41, 5.74) is 0.853. The molecule has 1 aromatic carbocycles. The lowest BCUT2D eigenvalue weighted by Gasteiger charge is -2.27. The molecule has 1 saturated carbocycles. The monoisotopic (exact) mass is 365 g/mol. The number of carbonyl (C=O) groups is 2. The lowest BCUT2D eigenvalue weighted by atomic mass is 9.87. The zero-order valence-corrected chi connectivity index (χ0v) is 16.0. The maximum absolute atomic E-state index is 12.5. The standard InChI is InChI=1S/C20H28ClNO3/c1-13(2)19(15-6-8-16(21)9-7-15)20(24)25-12-18(23)22-17-10-4-14(3)5-11-17/h6-9,13-14,17,19H,4-5,10-12H2,1-3H3,(H,22,23)/t14?,17?,19-/m0/s1. The summed E-state index contributed by atoms with van der Waals surface area (Å²) in [5.74, 6) is -0.189. The van der Waals surface area contributed by atoms with Gasteiger partial charge in [0.05, 0.1) is 5.92 Å². The largest absolute Gasteiger partial charge is 0.455 e. The summed E-state index contributed by atoms with van der Waals surface area (Å²) in [4.78, 5) is 24.5. The molecule has 25 heavy (non-hydrogen) atoms. The highest BCUT2D eigenvalue weighted by atomic mass is 35.5. The fraction of sp³-hybridized carbons (Fsp3) is 0.600. The zero-order valence-electron chi connectivity index (χ0n) is 15.3. The summed E-state index contributed by atoms with van der Waals surface area (Å²) >= 11 is 5.91. The minimum absolute atomic E-state index is 0.0663. The Morgan fingerprint density at radius 2 is 1.76 bits per heavy atom. The van der Waals surface area contributed by atoms with Gasteiger partial charge in [0.15, 0.2) is 6.61 Å². The van der Waals surface area contributed by atoms with Crippen LogP contribution in [0.25, 0.3) is 0 Å². The fourth-order valence-corrected chi connectivity index (χ4v) is 3.49. The van der Waals surface area contributed by atoms with Gasteiger partial charge in [-0.15, -0.1) is 0 Å². The van der Waals surface area contributed by atoms with Gasteiger partial charge in [0, 0.05) is 11.1 Å². The van der Waals surface area contributed by atoms with Gasteiger partial charge >= 0.3 is 5.97 Å². The summed E-state index contributed by atoms with van der Waals surface area (Å²) < 4.78 is 5.29. The number of benzene rings is 1. The topological polar surface area (TPSA) is 55.4 Å². The lowest BCUT2D eigenvalue weighted by Crippen LogP contribution is -2.40. The summed E-state index contributed by atoms with van der Waals surface area (Å²) in [5, 5.41) is 3.60. The summed E-state index contributed by atoms with van der Waals surface area (Å²) in [6.45, 7) is 5.94. The quantitative estimate of drug-likeness (QED) is 0.764. The number of amides is 1. The van der Waals surface area contributed by atoms with Crippen LogP contribution in [-0.2, 0) is 14.3 Å². The van der Waals surface area contributed by atoms with E-state index in [0.717, 1.165) is 37.2 Å². The molecule has 0 aliphatic heterocycles. The molecular formula is C20H28ClNO3. The van der Waals surface area contributed by atoms with E-state index in [2.05, 4.69) is 12.2 Å². The van der Waals surface area contributed by atoms with E-state index in [9.17, 15) is 9.59 Å². The maximum atomic E-state index is 12.5. The molecule has 5 heteroatoms. The van der Waals surface area contributed by atoms with Crippen LogP contribution < -0.4 is 5.32 Å². The first-order valence-corrected chi connectivity index (χ1v) is 9.46. The molecule has 2 rings (SSSR count). The maximum Gasteiger partial charge on any atom is 0.314 e. The van der Waals surface area contributed by atoms with Crippen LogP contribution in [0.3, 0.4) is 0 Å². The van der Waals surface area contributed by atoms with Crippen LogP contribution in [0, 0.1) is 11.8 Å². The molecule has 1 atom stereocenters. The minimum atomic E-state index is -0.402. The molecule has 0 spiro atoms. The number of halogens is 1. The number of nitrogens with one attached hydrogen (secondary N) is 1. The molecule has 0 bridgehead atoms. The molecule has 138 valence electrons. The van der Waals surface area contributed by atoms with Gasteiger partial charge in [-0.25, -0.2) is 0 Å². The number of hydrogen-bond acceptors (Lipinski definition) is 3. The van der Waals surface area contributed by atoms with E-state index in [0.29, 0.717) is 5.02 Å². The third-order valence-electron chi connectivity index (χ3n) is 4.88. The van der Waals surface area contributed by atoms with Crippen LogP contribution >= 0.6 is 11.6 Å². The number of ether oxygens (including phenoxy) is 1. The SMILES string of the molecule is CC1CCC(NC(=O)COC(=O)[C@H](c2ccc(Cl)cc2)C(C)C)CC1. The van der Waals surface area contributed by atoms with Crippen molar-refractivity contribution < 1.29 is 14.3 Å². The Kier molecular flexibility index (Phi) is 7.30. The Bertz CT molecular complexity index is 577. The van der Waals surface area contributed by atoms with Crippen LogP contribution in [-0.4, -0.2) is 24.5 Å². The van der Waals surface area contributed by atoms with Crippen molar-refractivity contribution in [2.75, 3.05) is 6.61 Å². The molecule has 0 aromatic heterocycles. The molecule has 1 N–H and O–H groups in total. The number of carbonyl (C=O) groups excluding carboxylic acids is 2. The molecule has 0 unspecified atom stereocenters. The van der Waals surface area contributed by atoms with Crippen molar-refractivity contribution in [2.45, 2.75) is 58.4 Å². The van der Waals surface area contributed by atoms with Crippen molar-refractivity contribution in [3.8, 4) is 0 Å². The minimum Gasteiger partial charge on any atom is -0.455 e. The van der Waals surface area contributed by atoms with Gasteiger partial charge in [0.1, 0.15) is 0 Å². The Hall–Kier alpha value is -1.55. The van der Waals surface area contributed by atoms with E-state index >= 15 is 0 Å². The highest BCUT2D eigenvalue weighted by Gasteiger charge is 2.27. The van der Waals surface area contributed by atoms with Crippen molar-refractivity contribution in [3.05, 3.63) is 34.9 Å². The van der Waals surface area contributed by atoms with Crippen molar-refractivity contribution in [3.63, 3.8) is 0 Å². The predicted octanol–water partition coefficient (Wildman–Crippen LogP) is 4.32. The van der Waals surface area contributed by atoms with Gasteiger partial charge in [-0.1, -0.05) is 44.5 Å². The number of rotatable bonds is 6. The summed E-state index contributed by atoms with van der Waals surface area (Å²) in [6, 6.07) is 7.39. The molecule has 1 fully saturated rings. The average molecular weight is 366 g/mol. The first-order chi connectivity index (χ1) is 11.9. The van der Waals surface area contributed by atoms with Crippen LogP contribution in [0.2, 0.25) is 5.02 Å². The highest BCUT2D eigenvalue weighted by Crippen LogP contribution is 2.27. The van der Waals surface area contributed by atoms with Crippen molar-refractivity contribution in [2.24, 2.45) is 11.8 Å². The molecule has 1 aliphatic carbocycles. The van der Waals surface area contributed by atoms with E-state index in [1.807, 2.05) is 26.0 Å². The third kappa shape index (κ3) is 6.03. The van der Waals surface area contributed by atoms with Crippen LogP contribution in [0.5, 0.6) is 0 Å². The Morgan fingerprint density at radius 3 is 2.32 bits per heavy atom. The Morgan fingerprint density at radius 1 is 1.16 bits per heavy atom.